The number of rotatable bonds is 3. The number of carbonyl (C=O) groups is 2. The lowest BCUT2D eigenvalue weighted by Crippen LogP contribution is -2.50. The highest BCUT2D eigenvalue weighted by atomic mass is 35.5. The summed E-state index contributed by atoms with van der Waals surface area (Å²) < 4.78 is 0. The Kier molecular flexibility index (Phi) is 8.02. The number of nitrogens with zero attached hydrogens (tertiary/aromatic N) is 2. The number of amides is 3. The van der Waals surface area contributed by atoms with E-state index in [1.807, 2.05) is 4.90 Å². The summed E-state index contributed by atoms with van der Waals surface area (Å²) in [4.78, 5) is 29.2. The molecule has 3 aliphatic rings. The molecule has 0 bridgehead atoms. The second kappa shape index (κ2) is 9.79. The maximum atomic E-state index is 13.0. The Bertz CT molecular complexity index is 474. The third-order valence-corrected chi connectivity index (χ3v) is 6.05. The van der Waals surface area contributed by atoms with E-state index in [1.165, 1.54) is 0 Å². The zero-order valence-corrected chi connectivity index (χ0v) is 17.0. The van der Waals surface area contributed by atoms with Gasteiger partial charge in [-0.2, -0.15) is 0 Å². The fraction of sp³-hybridized carbons (Fsp3) is 0.895. The zero-order chi connectivity index (χ0) is 17.8. The molecule has 7 heteroatoms. The zero-order valence-electron chi connectivity index (χ0n) is 16.2. The van der Waals surface area contributed by atoms with Crippen molar-refractivity contribution >= 4 is 24.3 Å². The first kappa shape index (κ1) is 21.3. The van der Waals surface area contributed by atoms with Gasteiger partial charge in [0.25, 0.3) is 0 Å². The van der Waals surface area contributed by atoms with Crippen LogP contribution in [0.4, 0.5) is 4.79 Å². The Balaban J connectivity index is 0.00000243. The monoisotopic (exact) mass is 386 g/mol. The van der Waals surface area contributed by atoms with Gasteiger partial charge in [0.05, 0.1) is 5.92 Å². The predicted molar refractivity (Wildman–Crippen MR) is 105 cm³/mol. The number of carbonyl (C=O) groups excluding carboxylic acids is 2. The van der Waals surface area contributed by atoms with Crippen molar-refractivity contribution in [2.24, 2.45) is 23.7 Å². The van der Waals surface area contributed by atoms with E-state index in [4.69, 9.17) is 0 Å². The summed E-state index contributed by atoms with van der Waals surface area (Å²) in [5.74, 6) is 2.17. The highest BCUT2D eigenvalue weighted by Gasteiger charge is 2.35. The predicted octanol–water partition coefficient (Wildman–Crippen LogP) is 1.94. The molecule has 150 valence electrons. The number of halogens is 1. The molecule has 0 radical (unpaired) electrons. The lowest BCUT2D eigenvalue weighted by molar-refractivity contribution is -0.136. The molecular weight excluding hydrogens is 352 g/mol. The van der Waals surface area contributed by atoms with E-state index in [2.05, 4.69) is 29.4 Å². The molecule has 3 aliphatic heterocycles. The second-order valence-corrected chi connectivity index (χ2v) is 8.45. The van der Waals surface area contributed by atoms with Crippen molar-refractivity contribution < 1.29 is 9.59 Å². The van der Waals surface area contributed by atoms with Gasteiger partial charge in [-0.3, -0.25) is 4.79 Å². The SMILES string of the molecule is CC(C)CNC(=O)N1CCCC(C(=O)N2CC[C@@H]3CNC[C@@H]3CC2)C1.Cl. The average molecular weight is 387 g/mol. The minimum absolute atomic E-state index is 0. The van der Waals surface area contributed by atoms with Crippen LogP contribution in [0.5, 0.6) is 0 Å². The van der Waals surface area contributed by atoms with Crippen LogP contribution >= 0.6 is 12.4 Å². The van der Waals surface area contributed by atoms with Crippen LogP contribution in [0.2, 0.25) is 0 Å². The second-order valence-electron chi connectivity index (χ2n) is 8.45. The lowest BCUT2D eigenvalue weighted by Gasteiger charge is -2.35. The molecule has 3 fully saturated rings. The number of likely N-dealkylation sites (tertiary alicyclic amines) is 2. The smallest absolute Gasteiger partial charge is 0.317 e. The van der Waals surface area contributed by atoms with Crippen LogP contribution in [-0.2, 0) is 4.79 Å². The van der Waals surface area contributed by atoms with Gasteiger partial charge in [-0.05, 0) is 56.5 Å². The first-order valence-corrected chi connectivity index (χ1v) is 10.1. The van der Waals surface area contributed by atoms with E-state index in [-0.39, 0.29) is 30.3 Å². The van der Waals surface area contributed by atoms with Crippen molar-refractivity contribution in [1.29, 1.82) is 0 Å². The van der Waals surface area contributed by atoms with E-state index < -0.39 is 0 Å². The molecule has 3 amide bonds. The maximum Gasteiger partial charge on any atom is 0.317 e. The Morgan fingerprint density at radius 1 is 1.04 bits per heavy atom. The number of urea groups is 1. The van der Waals surface area contributed by atoms with E-state index in [1.54, 1.807) is 0 Å². The van der Waals surface area contributed by atoms with Crippen molar-refractivity contribution in [3.8, 4) is 0 Å². The third kappa shape index (κ3) is 5.26. The highest BCUT2D eigenvalue weighted by molar-refractivity contribution is 5.85. The van der Waals surface area contributed by atoms with Crippen LogP contribution < -0.4 is 10.6 Å². The van der Waals surface area contributed by atoms with Gasteiger partial charge in [0.1, 0.15) is 0 Å². The van der Waals surface area contributed by atoms with Gasteiger partial charge < -0.3 is 20.4 Å². The Hall–Kier alpha value is -1.01. The number of hydrogen-bond acceptors (Lipinski definition) is 3. The van der Waals surface area contributed by atoms with E-state index >= 15 is 0 Å². The van der Waals surface area contributed by atoms with Crippen LogP contribution in [0.25, 0.3) is 0 Å². The minimum atomic E-state index is -0.0189. The third-order valence-electron chi connectivity index (χ3n) is 6.05. The summed E-state index contributed by atoms with van der Waals surface area (Å²) in [6.07, 6.45) is 4.08. The van der Waals surface area contributed by atoms with Crippen molar-refractivity contribution in [3.63, 3.8) is 0 Å². The Morgan fingerprint density at radius 2 is 1.69 bits per heavy atom. The summed E-state index contributed by atoms with van der Waals surface area (Å²) in [5.41, 5.74) is 0. The van der Waals surface area contributed by atoms with Crippen molar-refractivity contribution in [2.75, 3.05) is 45.8 Å². The molecule has 0 aromatic rings. The molecule has 0 saturated carbocycles. The van der Waals surface area contributed by atoms with Crippen LogP contribution in [0.15, 0.2) is 0 Å². The molecule has 0 spiro atoms. The molecule has 6 nitrogen and oxygen atoms in total. The van der Waals surface area contributed by atoms with Gasteiger partial charge in [-0.15, -0.1) is 12.4 Å². The van der Waals surface area contributed by atoms with Gasteiger partial charge >= 0.3 is 6.03 Å². The minimum Gasteiger partial charge on any atom is -0.342 e. The van der Waals surface area contributed by atoms with Gasteiger partial charge in [-0.25, -0.2) is 4.79 Å². The molecule has 1 unspecified atom stereocenters. The van der Waals surface area contributed by atoms with E-state index in [0.717, 1.165) is 70.2 Å². The van der Waals surface area contributed by atoms with Gasteiger partial charge in [0.2, 0.25) is 5.91 Å². The summed E-state index contributed by atoms with van der Waals surface area (Å²) in [7, 11) is 0. The molecule has 26 heavy (non-hydrogen) atoms. The van der Waals surface area contributed by atoms with Crippen LogP contribution in [0, 0.1) is 23.7 Å². The fourth-order valence-corrected chi connectivity index (χ4v) is 4.46. The molecule has 0 aliphatic carbocycles. The first-order valence-electron chi connectivity index (χ1n) is 10.1. The number of hydrogen-bond donors (Lipinski definition) is 2. The Morgan fingerprint density at radius 3 is 2.31 bits per heavy atom. The molecule has 3 rings (SSSR count). The fourth-order valence-electron chi connectivity index (χ4n) is 4.46. The average Bonchev–Trinajstić information content (AvgIpc) is 2.97. The van der Waals surface area contributed by atoms with Gasteiger partial charge in [0, 0.05) is 32.7 Å². The highest BCUT2D eigenvalue weighted by Crippen LogP contribution is 2.28. The largest absolute Gasteiger partial charge is 0.342 e. The van der Waals surface area contributed by atoms with Gasteiger partial charge in [0.15, 0.2) is 0 Å². The van der Waals surface area contributed by atoms with Crippen LogP contribution in [0.1, 0.15) is 39.5 Å². The van der Waals surface area contributed by atoms with Crippen molar-refractivity contribution in [2.45, 2.75) is 39.5 Å². The standard InChI is InChI=1S/C19H34N4O2.ClH/c1-14(2)10-21-19(25)23-7-3-4-17(13-23)18(24)22-8-5-15-11-20-12-16(15)6-9-22;/h14-17,20H,3-13H2,1-2H3,(H,21,25);1H/t15-,16+,17?;. The first-order chi connectivity index (χ1) is 12.0. The number of fused-ring (bicyclic) bond motifs is 1. The summed E-state index contributed by atoms with van der Waals surface area (Å²) in [5, 5.41) is 6.47. The normalized spacial score (nSPS) is 29.0. The van der Waals surface area contributed by atoms with Crippen molar-refractivity contribution in [1.82, 2.24) is 20.4 Å². The summed E-state index contributed by atoms with van der Waals surface area (Å²) in [6, 6.07) is -0.0114. The molecule has 0 aromatic carbocycles. The topological polar surface area (TPSA) is 64.7 Å². The molecule has 2 N–H and O–H groups in total. The summed E-state index contributed by atoms with van der Waals surface area (Å²) >= 11 is 0. The van der Waals surface area contributed by atoms with Crippen LogP contribution in [-0.4, -0.2) is 67.6 Å². The van der Waals surface area contributed by atoms with Gasteiger partial charge in [-0.1, -0.05) is 13.8 Å². The molecule has 3 atom stereocenters. The quantitative estimate of drug-likeness (QED) is 0.779. The van der Waals surface area contributed by atoms with Crippen LogP contribution in [0.3, 0.4) is 0 Å². The maximum absolute atomic E-state index is 13.0. The lowest BCUT2D eigenvalue weighted by atomic mass is 9.92. The molecular formula is C19H35ClN4O2. The molecule has 3 saturated heterocycles. The van der Waals surface area contributed by atoms with E-state index in [9.17, 15) is 9.59 Å². The molecule has 3 heterocycles. The summed E-state index contributed by atoms with van der Waals surface area (Å²) in [6.45, 7) is 10.2. The molecule has 0 aromatic heterocycles. The Labute approximate surface area is 163 Å². The number of nitrogens with one attached hydrogen (secondary N) is 2. The van der Waals surface area contributed by atoms with Crippen molar-refractivity contribution in [3.05, 3.63) is 0 Å². The van der Waals surface area contributed by atoms with E-state index in [0.29, 0.717) is 19.0 Å². The number of piperidine rings is 1.